The molecule has 0 bridgehead atoms. The molecule has 0 aromatic heterocycles. The molecular formula is C8H15ClN2O. The van der Waals surface area contributed by atoms with E-state index in [1.165, 1.54) is 6.42 Å². The Morgan fingerprint density at radius 1 is 1.75 bits per heavy atom. The van der Waals surface area contributed by atoms with Crippen LogP contribution in [0.15, 0.2) is 0 Å². The first-order valence-corrected chi connectivity index (χ1v) is 4.77. The van der Waals surface area contributed by atoms with E-state index in [2.05, 4.69) is 17.3 Å². The molecule has 0 spiro atoms. The summed E-state index contributed by atoms with van der Waals surface area (Å²) in [5, 5.41) is 2.80. The second-order valence-electron chi connectivity index (χ2n) is 3.35. The summed E-state index contributed by atoms with van der Waals surface area (Å²) in [7, 11) is 2.10. The lowest BCUT2D eigenvalue weighted by Gasteiger charge is -2.10. The summed E-state index contributed by atoms with van der Waals surface area (Å²) in [4.78, 5) is 13.1. The first-order chi connectivity index (χ1) is 5.72. The van der Waals surface area contributed by atoms with Crippen molar-refractivity contribution in [2.45, 2.75) is 6.42 Å². The molecule has 1 atom stereocenters. The predicted molar refractivity (Wildman–Crippen MR) is 49.3 cm³/mol. The summed E-state index contributed by atoms with van der Waals surface area (Å²) >= 11 is 5.34. The Balaban J connectivity index is 2.11. The average Bonchev–Trinajstić information content (AvgIpc) is 2.47. The molecule has 70 valence electrons. The zero-order chi connectivity index (χ0) is 8.97. The van der Waals surface area contributed by atoms with E-state index in [1.807, 2.05) is 0 Å². The van der Waals surface area contributed by atoms with Crippen LogP contribution in [0.1, 0.15) is 6.42 Å². The van der Waals surface area contributed by atoms with Crippen LogP contribution in [0.3, 0.4) is 0 Å². The van der Waals surface area contributed by atoms with Gasteiger partial charge >= 0.3 is 0 Å². The second-order valence-corrected chi connectivity index (χ2v) is 3.62. The summed E-state index contributed by atoms with van der Waals surface area (Å²) in [5.74, 6) is 0.621. The lowest BCUT2D eigenvalue weighted by Crippen LogP contribution is -2.31. The van der Waals surface area contributed by atoms with Crippen molar-refractivity contribution in [3.05, 3.63) is 0 Å². The summed E-state index contributed by atoms with van der Waals surface area (Å²) in [6, 6.07) is 0. The lowest BCUT2D eigenvalue weighted by molar-refractivity contribution is -0.118. The van der Waals surface area contributed by atoms with Crippen molar-refractivity contribution in [1.82, 2.24) is 10.2 Å². The molecule has 0 aromatic carbocycles. The van der Waals surface area contributed by atoms with Gasteiger partial charge in [0.1, 0.15) is 5.88 Å². The Bertz CT molecular complexity index is 163. The number of carbonyl (C=O) groups is 1. The van der Waals surface area contributed by atoms with Gasteiger partial charge in [-0.3, -0.25) is 4.79 Å². The Hall–Kier alpha value is -0.280. The maximum Gasteiger partial charge on any atom is 0.234 e. The van der Waals surface area contributed by atoms with E-state index in [1.54, 1.807) is 0 Å². The van der Waals surface area contributed by atoms with Crippen molar-refractivity contribution in [1.29, 1.82) is 0 Å². The topological polar surface area (TPSA) is 32.3 Å². The molecule has 1 fully saturated rings. The second kappa shape index (κ2) is 4.67. The van der Waals surface area contributed by atoms with Gasteiger partial charge in [0.2, 0.25) is 5.91 Å². The summed E-state index contributed by atoms with van der Waals surface area (Å²) in [6.07, 6.45) is 1.18. The number of halogens is 1. The molecule has 3 nitrogen and oxygen atoms in total. The van der Waals surface area contributed by atoms with Crippen LogP contribution in [0, 0.1) is 5.92 Å². The van der Waals surface area contributed by atoms with E-state index >= 15 is 0 Å². The SMILES string of the molecule is CN1CC[C@@H](CNC(=O)CCl)C1. The number of amides is 1. The van der Waals surface area contributed by atoms with Crippen molar-refractivity contribution in [3.8, 4) is 0 Å². The molecule has 1 aliphatic rings. The number of nitrogens with one attached hydrogen (secondary N) is 1. The van der Waals surface area contributed by atoms with E-state index in [0.29, 0.717) is 5.92 Å². The number of alkyl halides is 1. The van der Waals surface area contributed by atoms with Crippen molar-refractivity contribution in [3.63, 3.8) is 0 Å². The van der Waals surface area contributed by atoms with Crippen LogP contribution in [0.2, 0.25) is 0 Å². The first kappa shape index (κ1) is 9.81. The number of nitrogens with zero attached hydrogens (tertiary/aromatic N) is 1. The molecule has 1 heterocycles. The summed E-state index contributed by atoms with van der Waals surface area (Å²) in [5.41, 5.74) is 0. The molecule has 0 saturated carbocycles. The van der Waals surface area contributed by atoms with E-state index in [4.69, 9.17) is 11.6 Å². The molecule has 12 heavy (non-hydrogen) atoms. The zero-order valence-corrected chi connectivity index (χ0v) is 8.10. The Morgan fingerprint density at radius 3 is 3.00 bits per heavy atom. The third-order valence-corrected chi connectivity index (χ3v) is 2.44. The van der Waals surface area contributed by atoms with Gasteiger partial charge in [-0.05, 0) is 25.9 Å². The molecule has 1 rings (SSSR count). The first-order valence-electron chi connectivity index (χ1n) is 4.23. The fraction of sp³-hybridized carbons (Fsp3) is 0.875. The van der Waals surface area contributed by atoms with Gasteiger partial charge < -0.3 is 10.2 Å². The Labute approximate surface area is 78.1 Å². The molecule has 0 unspecified atom stereocenters. The number of rotatable bonds is 3. The Kier molecular flexibility index (Phi) is 3.82. The Morgan fingerprint density at radius 2 is 2.50 bits per heavy atom. The smallest absolute Gasteiger partial charge is 0.234 e. The van der Waals surface area contributed by atoms with Crippen LogP contribution in [-0.2, 0) is 4.79 Å². The van der Waals surface area contributed by atoms with E-state index in [9.17, 15) is 4.79 Å². The monoisotopic (exact) mass is 190 g/mol. The van der Waals surface area contributed by atoms with Crippen molar-refractivity contribution in [2.24, 2.45) is 5.92 Å². The van der Waals surface area contributed by atoms with Gasteiger partial charge in [0.05, 0.1) is 0 Å². The minimum Gasteiger partial charge on any atom is -0.355 e. The number of likely N-dealkylation sites (tertiary alicyclic amines) is 1. The van der Waals surface area contributed by atoms with Crippen LogP contribution in [-0.4, -0.2) is 43.4 Å². The van der Waals surface area contributed by atoms with Crippen molar-refractivity contribution >= 4 is 17.5 Å². The highest BCUT2D eigenvalue weighted by molar-refractivity contribution is 6.27. The van der Waals surface area contributed by atoms with Gasteiger partial charge in [-0.1, -0.05) is 0 Å². The molecule has 1 amide bonds. The largest absolute Gasteiger partial charge is 0.355 e. The third kappa shape index (κ3) is 2.99. The maximum absolute atomic E-state index is 10.8. The molecular weight excluding hydrogens is 176 g/mol. The zero-order valence-electron chi connectivity index (χ0n) is 7.35. The fourth-order valence-electron chi connectivity index (χ4n) is 1.50. The van der Waals surface area contributed by atoms with Crippen LogP contribution in [0.5, 0.6) is 0 Å². The third-order valence-electron chi connectivity index (χ3n) is 2.20. The van der Waals surface area contributed by atoms with Crippen LogP contribution in [0.4, 0.5) is 0 Å². The molecule has 4 heteroatoms. The van der Waals surface area contributed by atoms with Gasteiger partial charge in [-0.15, -0.1) is 11.6 Å². The normalized spacial score (nSPS) is 24.3. The van der Waals surface area contributed by atoms with Crippen LogP contribution >= 0.6 is 11.6 Å². The van der Waals surface area contributed by atoms with E-state index < -0.39 is 0 Å². The number of hydrogen-bond donors (Lipinski definition) is 1. The highest BCUT2D eigenvalue weighted by Crippen LogP contribution is 2.12. The van der Waals surface area contributed by atoms with Crippen molar-refractivity contribution in [2.75, 3.05) is 32.6 Å². The predicted octanol–water partition coefficient (Wildman–Crippen LogP) is 0.293. The lowest BCUT2D eigenvalue weighted by atomic mass is 10.1. The number of carbonyl (C=O) groups excluding carboxylic acids is 1. The maximum atomic E-state index is 10.8. The molecule has 0 aliphatic carbocycles. The van der Waals surface area contributed by atoms with Gasteiger partial charge in [0.25, 0.3) is 0 Å². The van der Waals surface area contributed by atoms with E-state index in [-0.39, 0.29) is 11.8 Å². The van der Waals surface area contributed by atoms with Gasteiger partial charge in [0, 0.05) is 13.1 Å². The minimum atomic E-state index is -0.0637. The molecule has 1 saturated heterocycles. The molecule has 1 aliphatic heterocycles. The fourth-order valence-corrected chi connectivity index (χ4v) is 1.59. The minimum absolute atomic E-state index is 0.0637. The summed E-state index contributed by atoms with van der Waals surface area (Å²) < 4.78 is 0. The van der Waals surface area contributed by atoms with E-state index in [0.717, 1.165) is 19.6 Å². The highest BCUT2D eigenvalue weighted by atomic mass is 35.5. The van der Waals surface area contributed by atoms with Crippen molar-refractivity contribution < 1.29 is 4.79 Å². The number of hydrogen-bond acceptors (Lipinski definition) is 2. The average molecular weight is 191 g/mol. The highest BCUT2D eigenvalue weighted by Gasteiger charge is 2.19. The molecule has 0 aromatic rings. The quantitative estimate of drug-likeness (QED) is 0.650. The van der Waals surface area contributed by atoms with Gasteiger partial charge in [0.15, 0.2) is 0 Å². The molecule has 0 radical (unpaired) electrons. The summed E-state index contributed by atoms with van der Waals surface area (Å²) in [6.45, 7) is 3.00. The standard InChI is InChI=1S/C8H15ClN2O/c1-11-3-2-7(6-11)5-10-8(12)4-9/h7H,2-6H2,1H3,(H,10,12)/t7-/m0/s1. The van der Waals surface area contributed by atoms with Gasteiger partial charge in [-0.25, -0.2) is 0 Å². The molecule has 1 N–H and O–H groups in total. The van der Waals surface area contributed by atoms with Crippen LogP contribution < -0.4 is 5.32 Å². The van der Waals surface area contributed by atoms with Gasteiger partial charge in [-0.2, -0.15) is 0 Å². The van der Waals surface area contributed by atoms with Crippen LogP contribution in [0.25, 0.3) is 0 Å².